The number of benzene rings is 1. The highest BCUT2D eigenvalue weighted by Crippen LogP contribution is 2.23. The fourth-order valence-corrected chi connectivity index (χ4v) is 1.59. The van der Waals surface area contributed by atoms with E-state index in [0.717, 1.165) is 11.1 Å². The Bertz CT molecular complexity index is 368. The van der Waals surface area contributed by atoms with Crippen LogP contribution in [0.2, 0.25) is 0 Å². The molecule has 1 atom stereocenters. The molecule has 0 saturated heterocycles. The average molecular weight is 173 g/mol. The molecular weight excluding hydrogens is 162 g/mol. The number of carbonyl (C=O) groups excluding carboxylic acids is 1. The van der Waals surface area contributed by atoms with Gasteiger partial charge in [0.05, 0.1) is 0 Å². The van der Waals surface area contributed by atoms with Crippen molar-refractivity contribution in [3.8, 4) is 0 Å². The first-order chi connectivity index (χ1) is 6.29. The maximum absolute atomic E-state index is 11.3. The summed E-state index contributed by atoms with van der Waals surface area (Å²) in [5, 5.41) is 3.04. The Labute approximate surface area is 77.3 Å². The van der Waals surface area contributed by atoms with Crippen molar-refractivity contribution in [3.63, 3.8) is 0 Å². The van der Waals surface area contributed by atoms with Crippen LogP contribution >= 0.6 is 0 Å². The Balaban J connectivity index is 2.49. The van der Waals surface area contributed by atoms with E-state index >= 15 is 0 Å². The Kier molecular flexibility index (Phi) is 1.89. The minimum atomic E-state index is -0.166. The number of fused-ring (bicyclic) bond motifs is 1. The van der Waals surface area contributed by atoms with E-state index < -0.39 is 0 Å². The van der Waals surface area contributed by atoms with Crippen molar-refractivity contribution in [3.05, 3.63) is 41.6 Å². The Morgan fingerprint density at radius 3 is 2.92 bits per heavy atom. The molecule has 0 aromatic heterocycles. The van der Waals surface area contributed by atoms with Crippen LogP contribution in [-0.2, 0) is 4.79 Å². The van der Waals surface area contributed by atoms with Crippen LogP contribution in [-0.4, -0.2) is 5.78 Å². The number of hydrogen-bond donors (Lipinski definition) is 1. The molecule has 0 amide bonds. The molecule has 0 saturated carbocycles. The second-order valence-electron chi connectivity index (χ2n) is 3.17. The summed E-state index contributed by atoms with van der Waals surface area (Å²) in [6, 6.07) is 7.77. The molecular formula is C11H11NO. The Hall–Kier alpha value is -1.57. The molecule has 1 aliphatic rings. The van der Waals surface area contributed by atoms with Gasteiger partial charge in [0.1, 0.15) is 6.04 Å². The standard InChI is InChI=1S/C11H11NO/c1-8(13)11-10-5-3-2-4-9(10)6-7-12-11/h2-7,11-12H,1H3. The summed E-state index contributed by atoms with van der Waals surface area (Å²) in [5.41, 5.74) is 2.19. The lowest BCUT2D eigenvalue weighted by atomic mass is 9.96. The molecule has 2 rings (SSSR count). The highest BCUT2D eigenvalue weighted by atomic mass is 16.1. The van der Waals surface area contributed by atoms with E-state index in [1.807, 2.05) is 36.5 Å². The highest BCUT2D eigenvalue weighted by Gasteiger charge is 2.19. The number of nitrogens with one attached hydrogen (secondary N) is 1. The van der Waals surface area contributed by atoms with Gasteiger partial charge < -0.3 is 5.32 Å². The smallest absolute Gasteiger partial charge is 0.156 e. The molecule has 0 radical (unpaired) electrons. The molecule has 2 nitrogen and oxygen atoms in total. The third-order valence-corrected chi connectivity index (χ3v) is 2.24. The number of Topliss-reactive ketones (excluding diaryl/α,β-unsaturated/α-hetero) is 1. The molecule has 66 valence electrons. The maximum Gasteiger partial charge on any atom is 0.156 e. The SMILES string of the molecule is CC(=O)C1NC=Cc2ccccc21. The van der Waals surface area contributed by atoms with Crippen LogP contribution in [0.3, 0.4) is 0 Å². The van der Waals surface area contributed by atoms with Gasteiger partial charge in [-0.1, -0.05) is 24.3 Å². The monoisotopic (exact) mass is 173 g/mol. The summed E-state index contributed by atoms with van der Waals surface area (Å²) in [5.74, 6) is 0.150. The molecule has 13 heavy (non-hydrogen) atoms. The van der Waals surface area contributed by atoms with Gasteiger partial charge in [-0.2, -0.15) is 0 Å². The molecule has 1 unspecified atom stereocenters. The molecule has 0 aliphatic carbocycles. The molecule has 1 heterocycles. The normalized spacial score (nSPS) is 19.0. The van der Waals surface area contributed by atoms with E-state index in [0.29, 0.717) is 0 Å². The predicted molar refractivity (Wildman–Crippen MR) is 52.0 cm³/mol. The van der Waals surface area contributed by atoms with Crippen molar-refractivity contribution in [2.24, 2.45) is 0 Å². The summed E-state index contributed by atoms with van der Waals surface area (Å²) in [4.78, 5) is 11.3. The second kappa shape index (κ2) is 3.05. The minimum absolute atomic E-state index is 0.150. The van der Waals surface area contributed by atoms with Crippen LogP contribution in [0.5, 0.6) is 0 Å². The Morgan fingerprint density at radius 1 is 1.38 bits per heavy atom. The van der Waals surface area contributed by atoms with E-state index in [4.69, 9.17) is 0 Å². The molecule has 0 fully saturated rings. The molecule has 1 aliphatic heterocycles. The molecule has 0 bridgehead atoms. The number of carbonyl (C=O) groups is 1. The Morgan fingerprint density at radius 2 is 2.15 bits per heavy atom. The predicted octanol–water partition coefficient (Wildman–Crippen LogP) is 1.89. The largest absolute Gasteiger partial charge is 0.378 e. The summed E-state index contributed by atoms with van der Waals surface area (Å²) in [7, 11) is 0. The van der Waals surface area contributed by atoms with Crippen LogP contribution in [0.4, 0.5) is 0 Å². The van der Waals surface area contributed by atoms with E-state index in [1.165, 1.54) is 0 Å². The third-order valence-electron chi connectivity index (χ3n) is 2.24. The van der Waals surface area contributed by atoms with Crippen LogP contribution < -0.4 is 5.32 Å². The minimum Gasteiger partial charge on any atom is -0.378 e. The van der Waals surface area contributed by atoms with Crippen molar-refractivity contribution in [2.75, 3.05) is 0 Å². The van der Waals surface area contributed by atoms with Crippen molar-refractivity contribution in [1.82, 2.24) is 5.32 Å². The zero-order valence-corrected chi connectivity index (χ0v) is 7.45. The fraction of sp³-hybridized carbons (Fsp3) is 0.182. The van der Waals surface area contributed by atoms with Gasteiger partial charge in [0, 0.05) is 0 Å². The number of rotatable bonds is 1. The van der Waals surface area contributed by atoms with Gasteiger partial charge in [-0.25, -0.2) is 0 Å². The fourth-order valence-electron chi connectivity index (χ4n) is 1.59. The summed E-state index contributed by atoms with van der Waals surface area (Å²) < 4.78 is 0. The van der Waals surface area contributed by atoms with Gasteiger partial charge in [-0.15, -0.1) is 0 Å². The van der Waals surface area contributed by atoms with Gasteiger partial charge in [0.2, 0.25) is 0 Å². The molecule has 0 spiro atoms. The van der Waals surface area contributed by atoms with Crippen LogP contribution in [0.25, 0.3) is 6.08 Å². The summed E-state index contributed by atoms with van der Waals surface area (Å²) >= 11 is 0. The highest BCUT2D eigenvalue weighted by molar-refractivity contribution is 5.85. The van der Waals surface area contributed by atoms with E-state index in [9.17, 15) is 4.79 Å². The van der Waals surface area contributed by atoms with E-state index in [2.05, 4.69) is 5.32 Å². The number of ketones is 1. The van der Waals surface area contributed by atoms with Gasteiger partial charge in [-0.3, -0.25) is 4.79 Å². The van der Waals surface area contributed by atoms with Crippen molar-refractivity contribution in [2.45, 2.75) is 13.0 Å². The molecule has 1 aromatic rings. The lowest BCUT2D eigenvalue weighted by Gasteiger charge is -2.20. The van der Waals surface area contributed by atoms with Crippen molar-refractivity contribution >= 4 is 11.9 Å². The van der Waals surface area contributed by atoms with Gasteiger partial charge >= 0.3 is 0 Å². The molecule has 2 heteroatoms. The van der Waals surface area contributed by atoms with Gasteiger partial charge in [0.25, 0.3) is 0 Å². The van der Waals surface area contributed by atoms with Gasteiger partial charge in [0.15, 0.2) is 5.78 Å². The van der Waals surface area contributed by atoms with Crippen molar-refractivity contribution < 1.29 is 4.79 Å². The first kappa shape index (κ1) is 8.05. The number of hydrogen-bond acceptors (Lipinski definition) is 2. The first-order valence-electron chi connectivity index (χ1n) is 4.31. The molecule has 1 aromatic carbocycles. The quantitative estimate of drug-likeness (QED) is 0.702. The summed E-state index contributed by atoms with van der Waals surface area (Å²) in [6.07, 6.45) is 3.81. The zero-order valence-electron chi connectivity index (χ0n) is 7.45. The summed E-state index contributed by atoms with van der Waals surface area (Å²) in [6.45, 7) is 1.60. The van der Waals surface area contributed by atoms with Gasteiger partial charge in [-0.05, 0) is 30.3 Å². The molecule has 1 N–H and O–H groups in total. The van der Waals surface area contributed by atoms with Crippen LogP contribution in [0, 0.1) is 0 Å². The average Bonchev–Trinajstić information content (AvgIpc) is 2.17. The maximum atomic E-state index is 11.3. The first-order valence-corrected chi connectivity index (χ1v) is 4.31. The lowest BCUT2D eigenvalue weighted by Crippen LogP contribution is -2.25. The van der Waals surface area contributed by atoms with E-state index in [1.54, 1.807) is 6.92 Å². The lowest BCUT2D eigenvalue weighted by molar-refractivity contribution is -0.118. The van der Waals surface area contributed by atoms with Crippen LogP contribution in [0.15, 0.2) is 30.5 Å². The third kappa shape index (κ3) is 1.35. The second-order valence-corrected chi connectivity index (χ2v) is 3.17. The zero-order chi connectivity index (χ0) is 9.26. The van der Waals surface area contributed by atoms with Crippen molar-refractivity contribution in [1.29, 1.82) is 0 Å². The topological polar surface area (TPSA) is 29.1 Å². The van der Waals surface area contributed by atoms with E-state index in [-0.39, 0.29) is 11.8 Å². The van der Waals surface area contributed by atoms with Crippen LogP contribution in [0.1, 0.15) is 24.1 Å².